The number of amides is 1. The number of hydrogen-bond acceptors (Lipinski definition) is 6. The number of rotatable bonds is 3. The molecule has 0 saturated carbocycles. The van der Waals surface area contributed by atoms with E-state index < -0.39 is 18.4 Å². The molecule has 1 saturated heterocycles. The van der Waals surface area contributed by atoms with Crippen molar-refractivity contribution in [1.29, 1.82) is 0 Å². The van der Waals surface area contributed by atoms with Crippen LogP contribution >= 0.6 is 24.0 Å². The lowest BCUT2D eigenvalue weighted by Gasteiger charge is -2.14. The van der Waals surface area contributed by atoms with Gasteiger partial charge in [-0.25, -0.2) is 0 Å². The number of carbonyl (C=O) groups excluding carboxylic acids is 3. The van der Waals surface area contributed by atoms with Crippen molar-refractivity contribution in [2.24, 2.45) is 0 Å². The van der Waals surface area contributed by atoms with Gasteiger partial charge < -0.3 is 9.90 Å². The molecule has 1 aromatic heterocycles. The fourth-order valence-electron chi connectivity index (χ4n) is 2.49. The Labute approximate surface area is 146 Å². The average Bonchev–Trinajstić information content (AvgIpc) is 3.01. The first kappa shape index (κ1) is 16.4. The smallest absolute Gasteiger partial charge is 0.266 e. The Balaban J connectivity index is 2.05. The summed E-state index contributed by atoms with van der Waals surface area (Å²) in [5, 5.41) is 11.5. The van der Waals surface area contributed by atoms with Gasteiger partial charge in [-0.05, 0) is 12.1 Å². The zero-order valence-electron chi connectivity index (χ0n) is 12.5. The SMILES string of the molecule is CC(=O)n1cc(/C=C2/SC(=S)N(CC(=O)[O-])C2=O)c2ccccc21. The summed E-state index contributed by atoms with van der Waals surface area (Å²) in [6.07, 6.45) is 3.27. The lowest BCUT2D eigenvalue weighted by atomic mass is 10.1. The number of aliphatic carboxylic acids is 1. The molecule has 122 valence electrons. The average molecular weight is 359 g/mol. The van der Waals surface area contributed by atoms with Crippen LogP contribution in [0.1, 0.15) is 17.3 Å². The van der Waals surface area contributed by atoms with Crippen LogP contribution in [0.25, 0.3) is 17.0 Å². The fourth-order valence-corrected chi connectivity index (χ4v) is 3.73. The summed E-state index contributed by atoms with van der Waals surface area (Å²) < 4.78 is 1.68. The van der Waals surface area contributed by atoms with E-state index >= 15 is 0 Å². The molecule has 1 aliphatic rings. The third-order valence-electron chi connectivity index (χ3n) is 3.53. The number of thioether (sulfide) groups is 1. The van der Waals surface area contributed by atoms with Crippen molar-refractivity contribution < 1.29 is 19.5 Å². The van der Waals surface area contributed by atoms with Crippen molar-refractivity contribution in [3.05, 3.63) is 40.9 Å². The number of fused-ring (bicyclic) bond motifs is 1. The summed E-state index contributed by atoms with van der Waals surface area (Å²) in [4.78, 5) is 36.1. The van der Waals surface area contributed by atoms with E-state index in [1.165, 1.54) is 11.5 Å². The summed E-state index contributed by atoms with van der Waals surface area (Å²) in [5.41, 5.74) is 1.43. The Morgan fingerprint density at radius 2 is 2.04 bits per heavy atom. The minimum Gasteiger partial charge on any atom is -0.548 e. The highest BCUT2D eigenvalue weighted by atomic mass is 32.2. The maximum atomic E-state index is 12.3. The second-order valence-electron chi connectivity index (χ2n) is 5.13. The summed E-state index contributed by atoms with van der Waals surface area (Å²) in [6.45, 7) is 0.882. The molecular weight excluding hydrogens is 348 g/mol. The number of carbonyl (C=O) groups is 3. The van der Waals surface area contributed by atoms with Gasteiger partial charge in [-0.1, -0.05) is 42.2 Å². The molecular formula is C16H11N2O4S2-. The molecule has 24 heavy (non-hydrogen) atoms. The van der Waals surface area contributed by atoms with Crippen molar-refractivity contribution >= 4 is 63.1 Å². The molecule has 1 aliphatic heterocycles. The molecule has 1 amide bonds. The van der Waals surface area contributed by atoms with E-state index in [1.54, 1.807) is 12.3 Å². The van der Waals surface area contributed by atoms with Crippen LogP contribution in [0.15, 0.2) is 35.4 Å². The van der Waals surface area contributed by atoms with Crippen molar-refractivity contribution in [1.82, 2.24) is 9.47 Å². The molecule has 0 bridgehead atoms. The molecule has 1 fully saturated rings. The normalized spacial score (nSPS) is 16.4. The minimum atomic E-state index is -1.37. The van der Waals surface area contributed by atoms with Gasteiger partial charge >= 0.3 is 0 Å². The van der Waals surface area contributed by atoms with Crippen molar-refractivity contribution in [3.63, 3.8) is 0 Å². The maximum Gasteiger partial charge on any atom is 0.266 e. The van der Waals surface area contributed by atoms with Crippen LogP contribution in [0.3, 0.4) is 0 Å². The number of nitrogens with zero attached hydrogens (tertiary/aromatic N) is 2. The molecule has 8 heteroatoms. The number of carboxylic acid groups (broad SMARTS) is 1. The molecule has 0 unspecified atom stereocenters. The van der Waals surface area contributed by atoms with Gasteiger partial charge in [0.1, 0.15) is 4.32 Å². The van der Waals surface area contributed by atoms with Crippen molar-refractivity contribution in [2.45, 2.75) is 6.92 Å². The summed E-state index contributed by atoms with van der Waals surface area (Å²) in [6, 6.07) is 7.33. The molecule has 0 radical (unpaired) electrons. The number of thiocarbonyl (C=S) groups is 1. The second-order valence-corrected chi connectivity index (χ2v) is 6.81. The van der Waals surface area contributed by atoms with E-state index in [9.17, 15) is 19.5 Å². The lowest BCUT2D eigenvalue weighted by Crippen LogP contribution is -2.40. The van der Waals surface area contributed by atoms with E-state index in [4.69, 9.17) is 12.2 Å². The Morgan fingerprint density at radius 1 is 1.33 bits per heavy atom. The monoisotopic (exact) mass is 359 g/mol. The van der Waals surface area contributed by atoms with E-state index in [2.05, 4.69) is 0 Å². The van der Waals surface area contributed by atoms with Gasteiger partial charge in [0.05, 0.1) is 22.9 Å². The molecule has 6 nitrogen and oxygen atoms in total. The topological polar surface area (TPSA) is 82.4 Å². The van der Waals surface area contributed by atoms with Crippen LogP contribution in [0.5, 0.6) is 0 Å². The van der Waals surface area contributed by atoms with Crippen molar-refractivity contribution in [2.75, 3.05) is 6.54 Å². The van der Waals surface area contributed by atoms with Crippen LogP contribution in [-0.4, -0.2) is 38.1 Å². The van der Waals surface area contributed by atoms with Gasteiger partial charge in [0.2, 0.25) is 5.91 Å². The van der Waals surface area contributed by atoms with Crippen LogP contribution < -0.4 is 5.11 Å². The van der Waals surface area contributed by atoms with E-state index in [0.29, 0.717) is 10.5 Å². The zero-order chi connectivity index (χ0) is 17.4. The van der Waals surface area contributed by atoms with Crippen LogP contribution in [0.4, 0.5) is 0 Å². The molecule has 3 rings (SSSR count). The van der Waals surface area contributed by atoms with Gasteiger partial charge in [0.25, 0.3) is 5.91 Å². The van der Waals surface area contributed by atoms with Crippen LogP contribution in [0, 0.1) is 0 Å². The molecule has 2 heterocycles. The summed E-state index contributed by atoms with van der Waals surface area (Å²) in [7, 11) is 0. The highest BCUT2D eigenvalue weighted by molar-refractivity contribution is 8.26. The Bertz CT molecular complexity index is 929. The quantitative estimate of drug-likeness (QED) is 0.606. The minimum absolute atomic E-state index is 0.143. The lowest BCUT2D eigenvalue weighted by molar-refractivity contribution is -0.305. The molecule has 0 spiro atoms. The first-order valence-corrected chi connectivity index (χ1v) is 8.17. The van der Waals surface area contributed by atoms with Gasteiger partial charge in [0.15, 0.2) is 0 Å². The van der Waals surface area contributed by atoms with Crippen LogP contribution in [0.2, 0.25) is 0 Å². The van der Waals surface area contributed by atoms with Crippen LogP contribution in [-0.2, 0) is 9.59 Å². The number of carboxylic acids is 1. The third kappa shape index (κ3) is 2.85. The highest BCUT2D eigenvalue weighted by Gasteiger charge is 2.32. The predicted octanol–water partition coefficient (Wildman–Crippen LogP) is 1.25. The van der Waals surface area contributed by atoms with E-state index in [0.717, 1.165) is 27.6 Å². The number of para-hydroxylation sites is 1. The summed E-state index contributed by atoms with van der Waals surface area (Å²) >= 11 is 6.08. The highest BCUT2D eigenvalue weighted by Crippen LogP contribution is 2.34. The molecule has 2 aromatic rings. The molecule has 0 aliphatic carbocycles. The Kier molecular flexibility index (Phi) is 4.25. The van der Waals surface area contributed by atoms with E-state index in [-0.39, 0.29) is 10.2 Å². The number of hydrogen-bond donors (Lipinski definition) is 0. The first-order valence-electron chi connectivity index (χ1n) is 6.94. The summed E-state index contributed by atoms with van der Waals surface area (Å²) in [5.74, 6) is -2.00. The Hall–Kier alpha value is -2.45. The fraction of sp³-hybridized carbons (Fsp3) is 0.125. The molecule has 0 atom stereocenters. The number of benzene rings is 1. The largest absolute Gasteiger partial charge is 0.548 e. The predicted molar refractivity (Wildman–Crippen MR) is 93.1 cm³/mol. The van der Waals surface area contributed by atoms with Gasteiger partial charge in [-0.3, -0.25) is 19.1 Å². The molecule has 1 aromatic carbocycles. The van der Waals surface area contributed by atoms with Gasteiger partial charge in [-0.15, -0.1) is 0 Å². The van der Waals surface area contributed by atoms with Gasteiger partial charge in [-0.2, -0.15) is 0 Å². The third-order valence-corrected chi connectivity index (χ3v) is 4.91. The van der Waals surface area contributed by atoms with Gasteiger partial charge in [0, 0.05) is 24.1 Å². The van der Waals surface area contributed by atoms with Crippen molar-refractivity contribution in [3.8, 4) is 0 Å². The zero-order valence-corrected chi connectivity index (χ0v) is 14.1. The second kappa shape index (κ2) is 6.21. The first-order chi connectivity index (χ1) is 11.4. The molecule has 0 N–H and O–H groups in total. The number of aromatic nitrogens is 1. The standard InChI is InChI=1S/C16H12N2O4S2/c1-9(19)17-7-10(11-4-2-3-5-12(11)17)6-13-15(22)18(8-14(20)21)16(23)24-13/h2-7H,8H2,1H3,(H,20,21)/p-1/b13-6+. The maximum absolute atomic E-state index is 12.3. The Morgan fingerprint density at radius 3 is 2.71 bits per heavy atom. The van der Waals surface area contributed by atoms with E-state index in [1.807, 2.05) is 24.3 Å².